The van der Waals surface area contributed by atoms with Crippen LogP contribution in [0.4, 0.5) is 5.69 Å². The second-order valence-electron chi connectivity index (χ2n) is 6.01. The standard InChI is InChI=1S/C17H22N4O2/c1-13-10-16(23-19-13)12-20-6-8-21(9-7-20)17(22)11-14-2-4-15(18)5-3-14/h2-5,10H,6-9,11-12,18H2,1H3. The Balaban J connectivity index is 1.48. The number of nitrogens with zero attached hydrogens (tertiary/aromatic N) is 3. The summed E-state index contributed by atoms with van der Waals surface area (Å²) in [6.45, 7) is 5.88. The topological polar surface area (TPSA) is 75.6 Å². The lowest BCUT2D eigenvalue weighted by molar-refractivity contribution is -0.132. The van der Waals surface area contributed by atoms with Gasteiger partial charge in [-0.3, -0.25) is 9.69 Å². The zero-order valence-corrected chi connectivity index (χ0v) is 13.4. The fraction of sp³-hybridized carbons (Fsp3) is 0.412. The van der Waals surface area contributed by atoms with Crippen LogP contribution in [-0.4, -0.2) is 47.0 Å². The minimum atomic E-state index is 0.171. The largest absolute Gasteiger partial charge is 0.399 e. The number of aromatic nitrogens is 1. The summed E-state index contributed by atoms with van der Waals surface area (Å²) in [6, 6.07) is 9.45. The van der Waals surface area contributed by atoms with Gasteiger partial charge < -0.3 is 15.2 Å². The molecule has 2 aromatic rings. The van der Waals surface area contributed by atoms with Gasteiger partial charge in [-0.25, -0.2) is 0 Å². The Labute approximate surface area is 135 Å². The van der Waals surface area contributed by atoms with Gasteiger partial charge in [0.05, 0.1) is 18.7 Å². The monoisotopic (exact) mass is 314 g/mol. The van der Waals surface area contributed by atoms with Crippen LogP contribution in [0, 0.1) is 6.92 Å². The molecule has 6 nitrogen and oxygen atoms in total. The van der Waals surface area contributed by atoms with Crippen molar-refractivity contribution in [3.8, 4) is 0 Å². The van der Waals surface area contributed by atoms with E-state index in [1.54, 1.807) is 0 Å². The van der Waals surface area contributed by atoms with Crippen LogP contribution >= 0.6 is 0 Å². The number of carbonyl (C=O) groups is 1. The first kappa shape index (κ1) is 15.6. The van der Waals surface area contributed by atoms with Crippen molar-refractivity contribution < 1.29 is 9.32 Å². The van der Waals surface area contributed by atoms with E-state index >= 15 is 0 Å². The van der Waals surface area contributed by atoms with Gasteiger partial charge in [-0.15, -0.1) is 0 Å². The summed E-state index contributed by atoms with van der Waals surface area (Å²) in [5.74, 6) is 1.05. The van der Waals surface area contributed by atoms with Gasteiger partial charge in [0.1, 0.15) is 0 Å². The number of benzene rings is 1. The van der Waals surface area contributed by atoms with Gasteiger partial charge in [0.15, 0.2) is 5.76 Å². The minimum absolute atomic E-state index is 0.171. The summed E-state index contributed by atoms with van der Waals surface area (Å²) < 4.78 is 5.25. The van der Waals surface area contributed by atoms with E-state index in [9.17, 15) is 4.79 Å². The van der Waals surface area contributed by atoms with Gasteiger partial charge in [0.2, 0.25) is 5.91 Å². The zero-order chi connectivity index (χ0) is 16.2. The lowest BCUT2D eigenvalue weighted by Gasteiger charge is -2.34. The van der Waals surface area contributed by atoms with E-state index in [1.807, 2.05) is 42.2 Å². The van der Waals surface area contributed by atoms with Gasteiger partial charge in [-0.2, -0.15) is 0 Å². The fourth-order valence-electron chi connectivity index (χ4n) is 2.79. The first-order chi connectivity index (χ1) is 11.1. The number of amides is 1. The van der Waals surface area contributed by atoms with E-state index in [0.29, 0.717) is 6.42 Å². The number of piperazine rings is 1. The summed E-state index contributed by atoms with van der Waals surface area (Å²) in [5.41, 5.74) is 8.29. The van der Waals surface area contributed by atoms with E-state index in [0.717, 1.165) is 55.4 Å². The molecule has 1 aliphatic rings. The molecule has 1 amide bonds. The number of hydrogen-bond acceptors (Lipinski definition) is 5. The van der Waals surface area contributed by atoms with E-state index < -0.39 is 0 Å². The molecule has 23 heavy (non-hydrogen) atoms. The summed E-state index contributed by atoms with van der Waals surface area (Å²) >= 11 is 0. The number of aryl methyl sites for hydroxylation is 1. The van der Waals surface area contributed by atoms with Crippen LogP contribution in [0.15, 0.2) is 34.9 Å². The number of rotatable bonds is 4. The van der Waals surface area contributed by atoms with Crippen LogP contribution in [-0.2, 0) is 17.8 Å². The molecule has 3 rings (SSSR count). The van der Waals surface area contributed by atoms with Crippen LogP contribution in [0.5, 0.6) is 0 Å². The molecule has 0 spiro atoms. The molecule has 1 aromatic carbocycles. The SMILES string of the molecule is Cc1cc(CN2CCN(C(=O)Cc3ccc(N)cc3)CC2)on1. The van der Waals surface area contributed by atoms with Gasteiger partial charge in [-0.1, -0.05) is 17.3 Å². The molecular formula is C17H22N4O2. The van der Waals surface area contributed by atoms with Crippen molar-refractivity contribution >= 4 is 11.6 Å². The Morgan fingerprint density at radius 3 is 2.52 bits per heavy atom. The number of hydrogen-bond donors (Lipinski definition) is 1. The number of carbonyl (C=O) groups excluding carboxylic acids is 1. The number of nitrogen functional groups attached to an aromatic ring is 1. The lowest BCUT2D eigenvalue weighted by atomic mass is 10.1. The lowest BCUT2D eigenvalue weighted by Crippen LogP contribution is -2.48. The van der Waals surface area contributed by atoms with Crippen molar-refractivity contribution in [3.05, 3.63) is 47.3 Å². The Kier molecular flexibility index (Phi) is 4.62. The molecule has 0 saturated carbocycles. The minimum Gasteiger partial charge on any atom is -0.399 e. The van der Waals surface area contributed by atoms with E-state index in [2.05, 4.69) is 10.1 Å². The second kappa shape index (κ2) is 6.83. The first-order valence-electron chi connectivity index (χ1n) is 7.87. The quantitative estimate of drug-likeness (QED) is 0.865. The average molecular weight is 314 g/mol. The molecule has 1 saturated heterocycles. The predicted octanol–water partition coefficient (Wildman–Crippen LogP) is 1.45. The smallest absolute Gasteiger partial charge is 0.227 e. The maximum atomic E-state index is 12.4. The summed E-state index contributed by atoms with van der Waals surface area (Å²) in [6.07, 6.45) is 0.432. The van der Waals surface area contributed by atoms with Crippen LogP contribution in [0.1, 0.15) is 17.0 Å². The zero-order valence-electron chi connectivity index (χ0n) is 13.4. The normalized spacial score (nSPS) is 15.8. The molecule has 0 unspecified atom stereocenters. The highest BCUT2D eigenvalue weighted by atomic mass is 16.5. The molecule has 2 heterocycles. The molecule has 122 valence electrons. The number of nitrogens with two attached hydrogens (primary N) is 1. The van der Waals surface area contributed by atoms with Crippen LogP contribution in [0.25, 0.3) is 0 Å². The third-order valence-electron chi connectivity index (χ3n) is 4.12. The van der Waals surface area contributed by atoms with Gasteiger partial charge >= 0.3 is 0 Å². The van der Waals surface area contributed by atoms with E-state index in [4.69, 9.17) is 10.3 Å². The molecule has 0 atom stereocenters. The predicted molar refractivity (Wildman–Crippen MR) is 87.7 cm³/mol. The van der Waals surface area contributed by atoms with Gasteiger partial charge in [-0.05, 0) is 24.6 Å². The third-order valence-corrected chi connectivity index (χ3v) is 4.12. The average Bonchev–Trinajstić information content (AvgIpc) is 2.95. The first-order valence-corrected chi connectivity index (χ1v) is 7.87. The molecular weight excluding hydrogens is 292 g/mol. The summed E-state index contributed by atoms with van der Waals surface area (Å²) in [5, 5.41) is 3.90. The summed E-state index contributed by atoms with van der Waals surface area (Å²) in [7, 11) is 0. The molecule has 1 fully saturated rings. The van der Waals surface area contributed by atoms with Crippen molar-refractivity contribution in [3.63, 3.8) is 0 Å². The van der Waals surface area contributed by atoms with Gasteiger partial charge in [0.25, 0.3) is 0 Å². The Morgan fingerprint density at radius 2 is 1.91 bits per heavy atom. The van der Waals surface area contributed by atoms with Gasteiger partial charge in [0, 0.05) is 37.9 Å². The Morgan fingerprint density at radius 1 is 1.22 bits per heavy atom. The molecule has 1 aromatic heterocycles. The molecule has 0 aliphatic carbocycles. The molecule has 1 aliphatic heterocycles. The van der Waals surface area contributed by atoms with Crippen molar-refractivity contribution in [1.82, 2.24) is 15.0 Å². The van der Waals surface area contributed by atoms with Crippen LogP contribution in [0.2, 0.25) is 0 Å². The second-order valence-corrected chi connectivity index (χ2v) is 6.01. The molecule has 0 bridgehead atoms. The molecule has 6 heteroatoms. The van der Waals surface area contributed by atoms with Crippen molar-refractivity contribution in [2.24, 2.45) is 0 Å². The molecule has 2 N–H and O–H groups in total. The Hall–Kier alpha value is -2.34. The van der Waals surface area contributed by atoms with Crippen molar-refractivity contribution in [1.29, 1.82) is 0 Å². The highest BCUT2D eigenvalue weighted by Gasteiger charge is 2.22. The van der Waals surface area contributed by atoms with Crippen LogP contribution < -0.4 is 5.73 Å². The fourth-order valence-corrected chi connectivity index (χ4v) is 2.79. The van der Waals surface area contributed by atoms with E-state index in [1.165, 1.54) is 0 Å². The third kappa shape index (κ3) is 4.10. The van der Waals surface area contributed by atoms with E-state index in [-0.39, 0.29) is 5.91 Å². The highest BCUT2D eigenvalue weighted by Crippen LogP contribution is 2.12. The number of anilines is 1. The molecule has 0 radical (unpaired) electrons. The Bertz CT molecular complexity index is 657. The maximum absolute atomic E-state index is 12.4. The van der Waals surface area contributed by atoms with Crippen molar-refractivity contribution in [2.75, 3.05) is 31.9 Å². The summed E-state index contributed by atoms with van der Waals surface area (Å²) in [4.78, 5) is 16.6. The highest BCUT2D eigenvalue weighted by molar-refractivity contribution is 5.79. The van der Waals surface area contributed by atoms with Crippen LogP contribution in [0.3, 0.4) is 0 Å². The maximum Gasteiger partial charge on any atom is 0.227 e. The van der Waals surface area contributed by atoms with Crippen molar-refractivity contribution in [2.45, 2.75) is 19.9 Å².